The van der Waals surface area contributed by atoms with Crippen molar-refractivity contribution in [3.05, 3.63) is 0 Å². The first-order valence-corrected chi connectivity index (χ1v) is 6.38. The third-order valence-electron chi connectivity index (χ3n) is 2.35. The van der Waals surface area contributed by atoms with E-state index in [4.69, 9.17) is 5.41 Å². The van der Waals surface area contributed by atoms with Crippen LogP contribution in [-0.4, -0.2) is 48.3 Å². The number of nitrogens with zero attached hydrogens (tertiary/aromatic N) is 1. The van der Waals surface area contributed by atoms with Crippen LogP contribution in [0.4, 0.5) is 0 Å². The van der Waals surface area contributed by atoms with Gasteiger partial charge in [-0.3, -0.25) is 5.41 Å². The standard InChI is InChI=1S/C6H10N2O2S2/c1-8-4-2-12(9,10)3-5(4)11-6(8)7/h4-5,7H,2-3H2,1H3/t4-,5-/m0/s1. The predicted octanol–water partition coefficient (Wildman–Crippen LogP) is -0.235. The van der Waals surface area contributed by atoms with Crippen LogP contribution in [0.15, 0.2) is 0 Å². The number of amidine groups is 1. The fraction of sp³-hybridized carbons (Fsp3) is 0.833. The molecule has 0 amide bonds. The molecule has 1 N–H and O–H groups in total. The van der Waals surface area contributed by atoms with E-state index in [2.05, 4.69) is 0 Å². The number of rotatable bonds is 0. The van der Waals surface area contributed by atoms with E-state index in [-0.39, 0.29) is 22.8 Å². The lowest BCUT2D eigenvalue weighted by atomic mass is 10.2. The Morgan fingerprint density at radius 3 is 2.83 bits per heavy atom. The van der Waals surface area contributed by atoms with Crippen molar-refractivity contribution in [3.8, 4) is 0 Å². The second kappa shape index (κ2) is 2.38. The normalized spacial score (nSPS) is 38.8. The maximum atomic E-state index is 11.2. The third-order valence-corrected chi connectivity index (χ3v) is 5.58. The Balaban J connectivity index is 2.27. The van der Waals surface area contributed by atoms with Gasteiger partial charge in [-0.15, -0.1) is 0 Å². The molecule has 0 unspecified atom stereocenters. The van der Waals surface area contributed by atoms with Crippen LogP contribution in [0.1, 0.15) is 0 Å². The number of hydrogen-bond acceptors (Lipinski definition) is 4. The molecule has 0 aliphatic carbocycles. The van der Waals surface area contributed by atoms with Crippen molar-refractivity contribution in [1.82, 2.24) is 4.90 Å². The van der Waals surface area contributed by atoms with Gasteiger partial charge in [0.05, 0.1) is 17.5 Å². The van der Waals surface area contributed by atoms with Crippen molar-refractivity contribution in [2.24, 2.45) is 0 Å². The van der Waals surface area contributed by atoms with Crippen LogP contribution in [0.3, 0.4) is 0 Å². The fourth-order valence-electron chi connectivity index (χ4n) is 1.65. The summed E-state index contributed by atoms with van der Waals surface area (Å²) >= 11 is 1.38. The van der Waals surface area contributed by atoms with Gasteiger partial charge in [-0.1, -0.05) is 11.8 Å². The molecule has 2 saturated heterocycles. The second-order valence-electron chi connectivity index (χ2n) is 3.22. The first kappa shape index (κ1) is 8.37. The van der Waals surface area contributed by atoms with Gasteiger partial charge in [0.15, 0.2) is 15.0 Å². The van der Waals surface area contributed by atoms with E-state index in [9.17, 15) is 8.42 Å². The van der Waals surface area contributed by atoms with E-state index in [1.807, 2.05) is 0 Å². The van der Waals surface area contributed by atoms with Gasteiger partial charge in [0.1, 0.15) is 0 Å². The Hall–Kier alpha value is -0.230. The Labute approximate surface area is 75.7 Å². The van der Waals surface area contributed by atoms with Gasteiger partial charge in [0, 0.05) is 12.3 Å². The van der Waals surface area contributed by atoms with Gasteiger partial charge in [-0.2, -0.15) is 0 Å². The monoisotopic (exact) mass is 206 g/mol. The highest BCUT2D eigenvalue weighted by atomic mass is 32.2. The van der Waals surface area contributed by atoms with Crippen LogP contribution in [0, 0.1) is 5.41 Å². The van der Waals surface area contributed by atoms with Gasteiger partial charge in [0.2, 0.25) is 0 Å². The Morgan fingerprint density at radius 2 is 2.25 bits per heavy atom. The summed E-state index contributed by atoms with van der Waals surface area (Å²) in [6.07, 6.45) is 0. The van der Waals surface area contributed by atoms with Gasteiger partial charge in [-0.05, 0) is 0 Å². The summed E-state index contributed by atoms with van der Waals surface area (Å²) in [6, 6.07) is 0.0486. The minimum Gasteiger partial charge on any atom is -0.350 e. The van der Waals surface area contributed by atoms with Gasteiger partial charge < -0.3 is 4.90 Å². The molecule has 2 aliphatic heterocycles. The molecule has 68 valence electrons. The van der Waals surface area contributed by atoms with Crippen LogP contribution in [0.5, 0.6) is 0 Å². The smallest absolute Gasteiger partial charge is 0.156 e. The number of fused-ring (bicyclic) bond motifs is 1. The number of hydrogen-bond donors (Lipinski definition) is 1. The van der Waals surface area contributed by atoms with Crippen LogP contribution in [-0.2, 0) is 9.84 Å². The molecule has 0 bridgehead atoms. The SMILES string of the molecule is CN1C(=N)S[C@H]2CS(=O)(=O)C[C@@H]21. The molecule has 12 heavy (non-hydrogen) atoms. The largest absolute Gasteiger partial charge is 0.350 e. The third kappa shape index (κ3) is 1.13. The lowest BCUT2D eigenvalue weighted by molar-refractivity contribution is 0.422. The topological polar surface area (TPSA) is 61.2 Å². The zero-order chi connectivity index (χ0) is 8.93. The van der Waals surface area contributed by atoms with Crippen LogP contribution >= 0.6 is 11.8 Å². The summed E-state index contributed by atoms with van der Waals surface area (Å²) in [7, 11) is -1.03. The average molecular weight is 206 g/mol. The van der Waals surface area contributed by atoms with Crippen molar-refractivity contribution >= 4 is 26.8 Å². The maximum Gasteiger partial charge on any atom is 0.156 e. The highest BCUT2D eigenvalue weighted by molar-refractivity contribution is 8.15. The predicted molar refractivity (Wildman–Crippen MR) is 49.3 cm³/mol. The maximum absolute atomic E-state index is 11.2. The van der Waals surface area contributed by atoms with E-state index in [0.717, 1.165) is 0 Å². The van der Waals surface area contributed by atoms with E-state index in [0.29, 0.717) is 5.17 Å². The Bertz CT molecular complexity index is 324. The van der Waals surface area contributed by atoms with Crippen molar-refractivity contribution < 1.29 is 8.42 Å². The molecular weight excluding hydrogens is 196 g/mol. The molecule has 0 saturated carbocycles. The minimum atomic E-state index is -2.82. The first-order valence-electron chi connectivity index (χ1n) is 3.68. The van der Waals surface area contributed by atoms with Crippen molar-refractivity contribution in [3.63, 3.8) is 0 Å². The molecule has 0 aromatic carbocycles. The first-order chi connectivity index (χ1) is 5.49. The summed E-state index contributed by atoms with van der Waals surface area (Å²) in [5.41, 5.74) is 0. The molecule has 2 fully saturated rings. The number of nitrogens with one attached hydrogen (secondary N) is 1. The Morgan fingerprint density at radius 1 is 1.58 bits per heavy atom. The molecule has 0 radical (unpaired) electrons. The van der Waals surface area contributed by atoms with Crippen molar-refractivity contribution in [2.45, 2.75) is 11.3 Å². The summed E-state index contributed by atoms with van der Waals surface area (Å²) in [5, 5.41) is 8.08. The zero-order valence-corrected chi connectivity index (χ0v) is 8.28. The highest BCUT2D eigenvalue weighted by Gasteiger charge is 2.46. The van der Waals surface area contributed by atoms with E-state index < -0.39 is 9.84 Å². The summed E-state index contributed by atoms with van der Waals surface area (Å²) in [6.45, 7) is 0. The van der Waals surface area contributed by atoms with Crippen LogP contribution in [0.2, 0.25) is 0 Å². The number of thioether (sulfide) groups is 1. The Kier molecular flexibility index (Phi) is 1.66. The molecule has 4 nitrogen and oxygen atoms in total. The molecule has 0 spiro atoms. The average Bonchev–Trinajstić information content (AvgIpc) is 2.33. The highest BCUT2D eigenvalue weighted by Crippen LogP contribution is 2.35. The number of sulfone groups is 1. The quantitative estimate of drug-likeness (QED) is 0.594. The van der Waals surface area contributed by atoms with E-state index >= 15 is 0 Å². The van der Waals surface area contributed by atoms with Gasteiger partial charge in [0.25, 0.3) is 0 Å². The van der Waals surface area contributed by atoms with Gasteiger partial charge in [-0.25, -0.2) is 8.42 Å². The van der Waals surface area contributed by atoms with Crippen LogP contribution in [0.25, 0.3) is 0 Å². The molecule has 2 atom stereocenters. The lowest BCUT2D eigenvalue weighted by Crippen LogP contribution is -2.33. The van der Waals surface area contributed by atoms with Crippen molar-refractivity contribution in [2.75, 3.05) is 18.6 Å². The zero-order valence-electron chi connectivity index (χ0n) is 6.65. The van der Waals surface area contributed by atoms with E-state index in [1.165, 1.54) is 11.8 Å². The summed E-state index contributed by atoms with van der Waals surface area (Å²) in [5.74, 6) is 0.471. The van der Waals surface area contributed by atoms with Gasteiger partial charge >= 0.3 is 0 Å². The van der Waals surface area contributed by atoms with Crippen molar-refractivity contribution in [1.29, 1.82) is 5.41 Å². The lowest BCUT2D eigenvalue weighted by Gasteiger charge is -2.16. The molecule has 0 aromatic rings. The fourth-order valence-corrected chi connectivity index (χ4v) is 5.52. The molecule has 2 rings (SSSR count). The molecule has 6 heteroatoms. The molecular formula is C6H10N2O2S2. The molecule has 2 aliphatic rings. The molecule has 0 aromatic heterocycles. The summed E-state index contributed by atoms with van der Waals surface area (Å²) < 4.78 is 22.4. The second-order valence-corrected chi connectivity index (χ2v) is 6.60. The van der Waals surface area contributed by atoms with E-state index in [1.54, 1.807) is 11.9 Å². The summed E-state index contributed by atoms with van der Waals surface area (Å²) in [4.78, 5) is 1.76. The minimum absolute atomic E-state index is 0.0486. The molecule has 2 heterocycles. The van der Waals surface area contributed by atoms with Crippen LogP contribution < -0.4 is 0 Å².